The topological polar surface area (TPSA) is 38.3 Å². The van der Waals surface area contributed by atoms with Gasteiger partial charge in [-0.2, -0.15) is 0 Å². The van der Waals surface area contributed by atoms with Gasteiger partial charge in [0.15, 0.2) is 0 Å². The van der Waals surface area contributed by atoms with Crippen molar-refractivity contribution in [2.24, 2.45) is 0 Å². The predicted molar refractivity (Wildman–Crippen MR) is 33.0 cm³/mol. The molecule has 1 fully saturated rings. The quantitative estimate of drug-likeness (QED) is 0.537. The van der Waals surface area contributed by atoms with Gasteiger partial charge in [0.05, 0.1) is 0 Å². The lowest BCUT2D eigenvalue weighted by Gasteiger charge is -2.00. The molecule has 2 unspecified atom stereocenters. The van der Waals surface area contributed by atoms with Crippen LogP contribution in [0, 0.1) is 0 Å². The lowest BCUT2D eigenvalue weighted by Crippen LogP contribution is -2.26. The van der Waals surface area contributed by atoms with Crippen LogP contribution in [-0.2, 0) is 9.53 Å². The number of carbonyl (C=O) groups is 1. The standard InChI is InChI=1S/C6H11NO2/c1-4-3-5(9-2)6(8)7-4/h4-5H,3H2,1-2H3,(H,7,8). The van der Waals surface area contributed by atoms with Gasteiger partial charge in [0.25, 0.3) is 0 Å². The van der Waals surface area contributed by atoms with Crippen molar-refractivity contribution in [2.75, 3.05) is 7.11 Å². The van der Waals surface area contributed by atoms with Crippen molar-refractivity contribution in [3.63, 3.8) is 0 Å². The van der Waals surface area contributed by atoms with Gasteiger partial charge >= 0.3 is 0 Å². The summed E-state index contributed by atoms with van der Waals surface area (Å²) in [6, 6.07) is 0.280. The van der Waals surface area contributed by atoms with Gasteiger partial charge in [0.2, 0.25) is 5.91 Å². The van der Waals surface area contributed by atoms with Crippen LogP contribution in [0.2, 0.25) is 0 Å². The highest BCUT2D eigenvalue weighted by atomic mass is 16.5. The lowest BCUT2D eigenvalue weighted by molar-refractivity contribution is -0.127. The number of methoxy groups -OCH3 is 1. The Labute approximate surface area is 54.4 Å². The molecule has 52 valence electrons. The van der Waals surface area contributed by atoms with Gasteiger partial charge < -0.3 is 10.1 Å². The van der Waals surface area contributed by atoms with Gasteiger partial charge in [0.1, 0.15) is 6.10 Å². The molecule has 1 amide bonds. The second-order valence-corrected chi connectivity index (χ2v) is 2.37. The maximum Gasteiger partial charge on any atom is 0.249 e. The van der Waals surface area contributed by atoms with Crippen LogP contribution in [0.5, 0.6) is 0 Å². The third-order valence-electron chi connectivity index (χ3n) is 1.53. The molecule has 0 aromatic rings. The van der Waals surface area contributed by atoms with Crippen molar-refractivity contribution in [1.82, 2.24) is 5.32 Å². The molecule has 1 rings (SSSR count). The summed E-state index contributed by atoms with van der Waals surface area (Å²) in [4.78, 5) is 10.8. The lowest BCUT2D eigenvalue weighted by atomic mass is 10.2. The number of ether oxygens (including phenoxy) is 1. The fraction of sp³-hybridized carbons (Fsp3) is 0.833. The minimum absolute atomic E-state index is 0.0185. The summed E-state index contributed by atoms with van der Waals surface area (Å²) < 4.78 is 4.88. The summed E-state index contributed by atoms with van der Waals surface area (Å²) in [5.41, 5.74) is 0. The molecule has 9 heavy (non-hydrogen) atoms. The zero-order valence-electron chi connectivity index (χ0n) is 5.68. The second-order valence-electron chi connectivity index (χ2n) is 2.37. The highest BCUT2D eigenvalue weighted by molar-refractivity contribution is 5.83. The molecule has 1 saturated heterocycles. The molecule has 0 radical (unpaired) electrons. The summed E-state index contributed by atoms with van der Waals surface area (Å²) in [6.45, 7) is 1.97. The molecular weight excluding hydrogens is 118 g/mol. The Morgan fingerprint density at radius 1 is 1.78 bits per heavy atom. The predicted octanol–water partition coefficient (Wildman–Crippen LogP) is -0.0902. The van der Waals surface area contributed by atoms with E-state index >= 15 is 0 Å². The molecular formula is C6H11NO2. The Kier molecular flexibility index (Phi) is 1.71. The Balaban J connectivity index is 2.48. The van der Waals surface area contributed by atoms with Crippen LogP contribution in [0.15, 0.2) is 0 Å². The molecule has 0 saturated carbocycles. The first kappa shape index (κ1) is 6.55. The van der Waals surface area contributed by atoms with Crippen molar-refractivity contribution in [2.45, 2.75) is 25.5 Å². The van der Waals surface area contributed by atoms with E-state index in [0.29, 0.717) is 0 Å². The average molecular weight is 129 g/mol. The van der Waals surface area contributed by atoms with Gasteiger partial charge in [-0.3, -0.25) is 4.79 Å². The maximum atomic E-state index is 10.8. The third kappa shape index (κ3) is 1.21. The summed E-state index contributed by atoms with van der Waals surface area (Å²) >= 11 is 0. The summed E-state index contributed by atoms with van der Waals surface area (Å²) in [5, 5.41) is 2.75. The maximum absolute atomic E-state index is 10.8. The Morgan fingerprint density at radius 2 is 2.44 bits per heavy atom. The second kappa shape index (κ2) is 2.35. The number of carbonyl (C=O) groups excluding carboxylic acids is 1. The van der Waals surface area contributed by atoms with E-state index in [4.69, 9.17) is 4.74 Å². The first-order valence-electron chi connectivity index (χ1n) is 3.07. The zero-order valence-corrected chi connectivity index (χ0v) is 5.68. The minimum Gasteiger partial charge on any atom is -0.372 e. The van der Waals surface area contributed by atoms with Gasteiger partial charge in [-0.25, -0.2) is 0 Å². The number of nitrogens with one attached hydrogen (secondary N) is 1. The van der Waals surface area contributed by atoms with Crippen molar-refractivity contribution < 1.29 is 9.53 Å². The largest absolute Gasteiger partial charge is 0.372 e. The zero-order chi connectivity index (χ0) is 6.85. The van der Waals surface area contributed by atoms with Gasteiger partial charge in [-0.15, -0.1) is 0 Å². The van der Waals surface area contributed by atoms with E-state index < -0.39 is 0 Å². The molecule has 0 bridgehead atoms. The highest BCUT2D eigenvalue weighted by Gasteiger charge is 2.28. The van der Waals surface area contributed by atoms with E-state index in [2.05, 4.69) is 5.32 Å². The fourth-order valence-corrected chi connectivity index (χ4v) is 1.03. The van der Waals surface area contributed by atoms with Crippen molar-refractivity contribution >= 4 is 5.91 Å². The molecule has 0 aromatic heterocycles. The molecule has 2 atom stereocenters. The molecule has 1 heterocycles. The molecule has 0 spiro atoms. The number of hydrogen-bond acceptors (Lipinski definition) is 2. The van der Waals surface area contributed by atoms with Gasteiger partial charge in [0, 0.05) is 19.6 Å². The Bertz CT molecular complexity index is 124. The summed E-state index contributed by atoms with van der Waals surface area (Å²) in [5.74, 6) is 0.0185. The fourth-order valence-electron chi connectivity index (χ4n) is 1.03. The highest BCUT2D eigenvalue weighted by Crippen LogP contribution is 2.09. The van der Waals surface area contributed by atoms with E-state index in [0.717, 1.165) is 6.42 Å². The van der Waals surface area contributed by atoms with Crippen LogP contribution in [-0.4, -0.2) is 25.2 Å². The van der Waals surface area contributed by atoms with Gasteiger partial charge in [-0.1, -0.05) is 0 Å². The van der Waals surface area contributed by atoms with Crippen LogP contribution in [0.1, 0.15) is 13.3 Å². The summed E-state index contributed by atoms with van der Waals surface area (Å²) in [6.07, 6.45) is 0.593. The van der Waals surface area contributed by atoms with Crippen molar-refractivity contribution in [3.8, 4) is 0 Å². The first-order valence-corrected chi connectivity index (χ1v) is 3.07. The number of rotatable bonds is 1. The Morgan fingerprint density at radius 3 is 2.67 bits per heavy atom. The van der Waals surface area contributed by atoms with Crippen molar-refractivity contribution in [3.05, 3.63) is 0 Å². The third-order valence-corrected chi connectivity index (χ3v) is 1.53. The van der Waals surface area contributed by atoms with Crippen LogP contribution in [0.3, 0.4) is 0 Å². The van der Waals surface area contributed by atoms with E-state index in [-0.39, 0.29) is 18.1 Å². The van der Waals surface area contributed by atoms with E-state index in [1.165, 1.54) is 0 Å². The van der Waals surface area contributed by atoms with Gasteiger partial charge in [-0.05, 0) is 6.92 Å². The van der Waals surface area contributed by atoms with Crippen LogP contribution in [0.25, 0.3) is 0 Å². The normalized spacial score (nSPS) is 34.7. The smallest absolute Gasteiger partial charge is 0.249 e. The van der Waals surface area contributed by atoms with E-state index in [9.17, 15) is 4.79 Å². The molecule has 3 nitrogen and oxygen atoms in total. The molecule has 3 heteroatoms. The number of amides is 1. The summed E-state index contributed by atoms with van der Waals surface area (Å²) in [7, 11) is 1.56. The molecule has 1 aliphatic rings. The molecule has 1 N–H and O–H groups in total. The number of hydrogen-bond donors (Lipinski definition) is 1. The van der Waals surface area contributed by atoms with Crippen LogP contribution in [0.4, 0.5) is 0 Å². The molecule has 0 aromatic carbocycles. The first-order chi connectivity index (χ1) is 4.24. The SMILES string of the molecule is COC1CC(C)NC1=O. The minimum atomic E-state index is -0.208. The monoisotopic (exact) mass is 129 g/mol. The van der Waals surface area contributed by atoms with Crippen molar-refractivity contribution in [1.29, 1.82) is 0 Å². The van der Waals surface area contributed by atoms with E-state index in [1.54, 1.807) is 7.11 Å². The van der Waals surface area contributed by atoms with E-state index in [1.807, 2.05) is 6.92 Å². The average Bonchev–Trinajstić information content (AvgIpc) is 2.10. The molecule has 1 aliphatic heterocycles. The molecule has 0 aliphatic carbocycles. The Hall–Kier alpha value is -0.570. The van der Waals surface area contributed by atoms with Crippen LogP contribution < -0.4 is 5.32 Å². The van der Waals surface area contributed by atoms with Crippen LogP contribution >= 0.6 is 0 Å².